The van der Waals surface area contributed by atoms with E-state index in [1.807, 2.05) is 24.3 Å². The van der Waals surface area contributed by atoms with Crippen molar-refractivity contribution >= 4 is 32.7 Å². The van der Waals surface area contributed by atoms with Gasteiger partial charge < -0.3 is 9.73 Å². The fourth-order valence-electron chi connectivity index (χ4n) is 1.84. The molecule has 2 N–H and O–H groups in total. The van der Waals surface area contributed by atoms with E-state index in [1.165, 1.54) is 0 Å². The molecule has 0 radical (unpaired) electrons. The highest BCUT2D eigenvalue weighted by molar-refractivity contribution is 9.10. The summed E-state index contributed by atoms with van der Waals surface area (Å²) in [5.41, 5.74) is 1.75. The molecule has 6 heteroatoms. The first-order valence-corrected chi connectivity index (χ1v) is 6.49. The zero-order valence-corrected chi connectivity index (χ0v) is 11.4. The van der Waals surface area contributed by atoms with Crippen molar-refractivity contribution in [1.29, 1.82) is 0 Å². The van der Waals surface area contributed by atoms with Gasteiger partial charge in [-0.05, 0) is 34.1 Å². The number of amides is 1. The van der Waals surface area contributed by atoms with Crippen LogP contribution in [-0.4, -0.2) is 16.1 Å². The number of hydrogen-bond acceptors (Lipinski definition) is 3. The summed E-state index contributed by atoms with van der Waals surface area (Å²) in [5.74, 6) is 0.0140. The molecule has 2 aromatic heterocycles. The highest BCUT2D eigenvalue weighted by atomic mass is 79.9. The molecule has 0 saturated carbocycles. The Bertz CT molecular complexity index is 732. The normalized spacial score (nSPS) is 10.8. The van der Waals surface area contributed by atoms with Crippen molar-refractivity contribution in [2.75, 3.05) is 0 Å². The number of H-pyrrole nitrogens is 1. The van der Waals surface area contributed by atoms with Gasteiger partial charge in [0.1, 0.15) is 0 Å². The van der Waals surface area contributed by atoms with Crippen LogP contribution in [0.15, 0.2) is 45.5 Å². The number of hydrogen-bond donors (Lipinski definition) is 2. The van der Waals surface area contributed by atoms with E-state index in [1.54, 1.807) is 12.1 Å². The molecule has 19 heavy (non-hydrogen) atoms. The summed E-state index contributed by atoms with van der Waals surface area (Å²) >= 11 is 3.16. The van der Waals surface area contributed by atoms with Gasteiger partial charge in [-0.1, -0.05) is 18.2 Å². The summed E-state index contributed by atoms with van der Waals surface area (Å²) in [6, 6.07) is 11.0. The maximum Gasteiger partial charge on any atom is 0.287 e. The summed E-state index contributed by atoms with van der Waals surface area (Å²) in [5, 5.41) is 10.9. The number of benzene rings is 1. The summed E-state index contributed by atoms with van der Waals surface area (Å²) in [4.78, 5) is 11.8. The number of nitrogens with one attached hydrogen (secondary N) is 2. The van der Waals surface area contributed by atoms with Gasteiger partial charge in [-0.15, -0.1) is 0 Å². The second kappa shape index (κ2) is 4.89. The Morgan fingerprint density at radius 1 is 1.32 bits per heavy atom. The van der Waals surface area contributed by atoms with Crippen LogP contribution >= 0.6 is 15.9 Å². The van der Waals surface area contributed by atoms with E-state index in [-0.39, 0.29) is 11.7 Å². The average molecular weight is 320 g/mol. The number of fused-ring (bicyclic) bond motifs is 1. The lowest BCUT2D eigenvalue weighted by Gasteiger charge is -2.01. The minimum atomic E-state index is -0.260. The van der Waals surface area contributed by atoms with E-state index >= 15 is 0 Å². The first-order valence-electron chi connectivity index (χ1n) is 5.69. The maximum absolute atomic E-state index is 11.8. The van der Waals surface area contributed by atoms with Gasteiger partial charge in [-0.3, -0.25) is 9.89 Å². The SMILES string of the molecule is O=C(NCc1[nH]nc2ccccc12)c1ccc(Br)o1. The standard InChI is InChI=1S/C13H10BrN3O2/c14-12-6-5-11(19-12)13(18)15-7-10-8-3-1-2-4-9(8)16-17-10/h1-6H,7H2,(H,15,18)(H,16,17). The zero-order valence-electron chi connectivity index (χ0n) is 9.81. The Morgan fingerprint density at radius 2 is 2.16 bits per heavy atom. The van der Waals surface area contributed by atoms with E-state index in [0.29, 0.717) is 11.2 Å². The van der Waals surface area contributed by atoms with Crippen molar-refractivity contribution in [3.05, 3.63) is 52.5 Å². The molecule has 0 aliphatic rings. The van der Waals surface area contributed by atoms with Crippen LogP contribution in [0.5, 0.6) is 0 Å². The van der Waals surface area contributed by atoms with E-state index < -0.39 is 0 Å². The fraction of sp³-hybridized carbons (Fsp3) is 0.0769. The van der Waals surface area contributed by atoms with Crippen molar-refractivity contribution in [3.63, 3.8) is 0 Å². The van der Waals surface area contributed by atoms with E-state index in [9.17, 15) is 4.79 Å². The third-order valence-corrected chi connectivity index (χ3v) is 3.19. The topological polar surface area (TPSA) is 70.9 Å². The number of halogens is 1. The molecule has 5 nitrogen and oxygen atoms in total. The first kappa shape index (κ1) is 12.0. The highest BCUT2D eigenvalue weighted by Gasteiger charge is 2.11. The van der Waals surface area contributed by atoms with Crippen molar-refractivity contribution < 1.29 is 9.21 Å². The largest absolute Gasteiger partial charge is 0.444 e. The molecule has 0 aliphatic heterocycles. The second-order valence-electron chi connectivity index (χ2n) is 4.01. The molecular formula is C13H10BrN3O2. The third-order valence-electron chi connectivity index (χ3n) is 2.76. The van der Waals surface area contributed by atoms with Gasteiger partial charge in [0.05, 0.1) is 17.8 Å². The summed E-state index contributed by atoms with van der Waals surface area (Å²) in [6.45, 7) is 0.373. The first-order chi connectivity index (χ1) is 9.24. The number of aromatic nitrogens is 2. The van der Waals surface area contributed by atoms with Crippen LogP contribution in [0.2, 0.25) is 0 Å². The fourth-order valence-corrected chi connectivity index (χ4v) is 2.15. The van der Waals surface area contributed by atoms with Crippen LogP contribution in [0.4, 0.5) is 0 Å². The van der Waals surface area contributed by atoms with Crippen molar-refractivity contribution in [2.24, 2.45) is 0 Å². The molecular weight excluding hydrogens is 310 g/mol. The van der Waals surface area contributed by atoms with Gasteiger partial charge in [-0.2, -0.15) is 5.10 Å². The smallest absolute Gasteiger partial charge is 0.287 e. The molecule has 96 valence electrons. The van der Waals surface area contributed by atoms with Crippen LogP contribution < -0.4 is 5.32 Å². The Morgan fingerprint density at radius 3 is 2.95 bits per heavy atom. The van der Waals surface area contributed by atoms with Gasteiger partial charge in [0.25, 0.3) is 5.91 Å². The van der Waals surface area contributed by atoms with Crippen molar-refractivity contribution in [3.8, 4) is 0 Å². The van der Waals surface area contributed by atoms with Gasteiger partial charge in [0.2, 0.25) is 0 Å². The molecule has 0 unspecified atom stereocenters. The highest BCUT2D eigenvalue weighted by Crippen LogP contribution is 2.16. The van der Waals surface area contributed by atoms with Crippen LogP contribution in [0.3, 0.4) is 0 Å². The summed E-state index contributed by atoms with van der Waals surface area (Å²) in [7, 11) is 0. The Balaban J connectivity index is 1.74. The molecule has 0 saturated heterocycles. The lowest BCUT2D eigenvalue weighted by Crippen LogP contribution is -2.22. The molecule has 0 aliphatic carbocycles. The Hall–Kier alpha value is -2.08. The minimum absolute atomic E-state index is 0.260. The lowest BCUT2D eigenvalue weighted by atomic mass is 10.2. The minimum Gasteiger partial charge on any atom is -0.444 e. The van der Waals surface area contributed by atoms with Crippen molar-refractivity contribution in [2.45, 2.75) is 6.54 Å². The average Bonchev–Trinajstić information content (AvgIpc) is 3.02. The molecule has 0 atom stereocenters. The number of nitrogens with zero attached hydrogens (tertiary/aromatic N) is 1. The van der Waals surface area contributed by atoms with E-state index in [4.69, 9.17) is 4.42 Å². The van der Waals surface area contributed by atoms with Gasteiger partial charge in [0.15, 0.2) is 10.4 Å². The van der Waals surface area contributed by atoms with Crippen molar-refractivity contribution in [1.82, 2.24) is 15.5 Å². The third kappa shape index (κ3) is 2.39. The number of rotatable bonds is 3. The van der Waals surface area contributed by atoms with Crippen LogP contribution in [0.1, 0.15) is 16.2 Å². The molecule has 0 spiro atoms. The Kier molecular flexibility index (Phi) is 3.08. The quantitative estimate of drug-likeness (QED) is 0.779. The number of furan rings is 1. The molecule has 3 rings (SSSR count). The van der Waals surface area contributed by atoms with Gasteiger partial charge in [-0.25, -0.2) is 0 Å². The number of carbonyl (C=O) groups is 1. The molecule has 3 aromatic rings. The predicted molar refractivity (Wildman–Crippen MR) is 73.7 cm³/mol. The summed E-state index contributed by atoms with van der Waals surface area (Å²) < 4.78 is 5.71. The molecule has 1 amide bonds. The number of para-hydroxylation sites is 1. The second-order valence-corrected chi connectivity index (χ2v) is 4.79. The zero-order chi connectivity index (χ0) is 13.2. The maximum atomic E-state index is 11.8. The lowest BCUT2D eigenvalue weighted by molar-refractivity contribution is 0.0921. The molecule has 2 heterocycles. The van der Waals surface area contributed by atoms with Crippen LogP contribution in [0.25, 0.3) is 10.9 Å². The summed E-state index contributed by atoms with van der Waals surface area (Å²) in [6.07, 6.45) is 0. The molecule has 1 aromatic carbocycles. The van der Waals surface area contributed by atoms with Gasteiger partial charge in [0, 0.05) is 5.39 Å². The van der Waals surface area contributed by atoms with Gasteiger partial charge >= 0.3 is 0 Å². The van der Waals surface area contributed by atoms with E-state index in [0.717, 1.165) is 16.6 Å². The monoisotopic (exact) mass is 319 g/mol. The van der Waals surface area contributed by atoms with E-state index in [2.05, 4.69) is 31.4 Å². The number of aromatic amines is 1. The molecule has 0 fully saturated rings. The van der Waals surface area contributed by atoms with Crippen LogP contribution in [0, 0.1) is 0 Å². The predicted octanol–water partition coefficient (Wildman–Crippen LogP) is 2.85. The van der Waals surface area contributed by atoms with Crippen LogP contribution in [-0.2, 0) is 6.54 Å². The Labute approximate surface area is 117 Å². The molecule has 0 bridgehead atoms. The number of carbonyl (C=O) groups excluding carboxylic acids is 1.